The van der Waals surface area contributed by atoms with Gasteiger partial charge in [0.2, 0.25) is 0 Å². The highest BCUT2D eigenvalue weighted by Crippen LogP contribution is 2.33. The zero-order valence-electron chi connectivity index (χ0n) is 26.5. The van der Waals surface area contributed by atoms with E-state index >= 15 is 0 Å². The third-order valence-corrected chi connectivity index (χ3v) is 7.49. The summed E-state index contributed by atoms with van der Waals surface area (Å²) in [6, 6.07) is 0.596. The average Bonchev–Trinajstić information content (AvgIpc) is 2.94. The van der Waals surface area contributed by atoms with Crippen LogP contribution in [0.2, 0.25) is 0 Å². The molecule has 6 heteroatoms. The number of amidine groups is 1. The Morgan fingerprint density at radius 2 is 1.68 bits per heavy atom. The summed E-state index contributed by atoms with van der Waals surface area (Å²) in [5.74, 6) is 1.03. The van der Waals surface area contributed by atoms with E-state index in [-0.39, 0.29) is 0 Å². The van der Waals surface area contributed by atoms with Crippen molar-refractivity contribution in [3.8, 4) is 0 Å². The predicted molar refractivity (Wildman–Crippen MR) is 184 cm³/mol. The molecule has 0 amide bonds. The molecule has 5 nitrogen and oxygen atoms in total. The average molecular weight is 564 g/mol. The van der Waals surface area contributed by atoms with Crippen molar-refractivity contribution in [2.75, 3.05) is 48.3 Å². The van der Waals surface area contributed by atoms with E-state index in [0.29, 0.717) is 6.04 Å². The number of allylic oxidation sites excluding steroid dienone is 13. The van der Waals surface area contributed by atoms with E-state index in [1.54, 1.807) is 17.8 Å². The van der Waals surface area contributed by atoms with Crippen LogP contribution in [0.25, 0.3) is 0 Å². The first-order chi connectivity index (χ1) is 19.0. The minimum absolute atomic E-state index is 0.596. The first kappa shape index (κ1) is 36.8. The van der Waals surface area contributed by atoms with Gasteiger partial charge in [0.25, 0.3) is 0 Å². The molecule has 0 saturated carbocycles. The summed E-state index contributed by atoms with van der Waals surface area (Å²) in [6.45, 7) is 26.1. The van der Waals surface area contributed by atoms with Gasteiger partial charge in [-0.3, -0.25) is 4.99 Å². The maximum atomic E-state index is 4.33. The van der Waals surface area contributed by atoms with Crippen molar-refractivity contribution in [1.82, 2.24) is 20.4 Å². The van der Waals surface area contributed by atoms with Gasteiger partial charge >= 0.3 is 0 Å². The maximum Gasteiger partial charge on any atom is 0.123 e. The third-order valence-electron chi connectivity index (χ3n) is 6.20. The van der Waals surface area contributed by atoms with Crippen LogP contribution >= 0.6 is 11.8 Å². The standard InChI is InChI=1S/C20H30N2S.C14H23N3/c1-10-15(4)19(13-16(5)21-7)14-18(11-2)20(12-3)23-17(6)22(8)9;1-5-7-8-12(6-2)9-14(16-4)17-10-13(11-17)15-3/h10-14,21H,1,4,6H2,2-3,5,7-9H3;6-9,13,15H,2,5,10-11H2,1,3-4H3/b16-13+,18-11+,19-14-,20-12-;8-7?,12-9-,16-14?. The Balaban J connectivity index is 0.000000793. The Morgan fingerprint density at radius 1 is 1.02 bits per heavy atom. The van der Waals surface area contributed by atoms with Crippen LogP contribution in [-0.2, 0) is 0 Å². The van der Waals surface area contributed by atoms with E-state index in [4.69, 9.17) is 0 Å². The number of nitrogens with one attached hydrogen (secondary N) is 2. The molecule has 2 N–H and O–H groups in total. The molecule has 0 aromatic carbocycles. The zero-order chi connectivity index (χ0) is 30.7. The Kier molecular flexibility index (Phi) is 19.0. The molecule has 220 valence electrons. The number of nitrogens with zero attached hydrogens (tertiary/aromatic N) is 3. The Bertz CT molecular complexity index is 1070. The monoisotopic (exact) mass is 563 g/mol. The molecule has 0 spiro atoms. The van der Waals surface area contributed by atoms with Crippen LogP contribution in [0.5, 0.6) is 0 Å². The Hall–Kier alpha value is -3.22. The Morgan fingerprint density at radius 3 is 2.10 bits per heavy atom. The second kappa shape index (κ2) is 20.7. The molecule has 1 saturated heterocycles. The summed E-state index contributed by atoms with van der Waals surface area (Å²) >= 11 is 1.66. The van der Waals surface area contributed by atoms with Gasteiger partial charge in [0, 0.05) is 57.9 Å². The number of likely N-dealkylation sites (N-methyl/N-ethyl adjacent to an activating group) is 1. The van der Waals surface area contributed by atoms with Gasteiger partial charge in [-0.25, -0.2) is 0 Å². The fraction of sp³-hybridized carbons (Fsp3) is 0.382. The molecular formula is C34H53N5S. The van der Waals surface area contributed by atoms with Crippen molar-refractivity contribution in [3.63, 3.8) is 0 Å². The van der Waals surface area contributed by atoms with E-state index in [0.717, 1.165) is 63.3 Å². The van der Waals surface area contributed by atoms with Crippen LogP contribution in [0.4, 0.5) is 0 Å². The van der Waals surface area contributed by atoms with Crippen molar-refractivity contribution in [3.05, 3.63) is 119 Å². The number of thioether (sulfide) groups is 1. The summed E-state index contributed by atoms with van der Waals surface area (Å²) in [5.41, 5.74) is 5.25. The Labute approximate surface area is 250 Å². The predicted octanol–water partition coefficient (Wildman–Crippen LogP) is 7.39. The molecule has 1 aliphatic heterocycles. The molecule has 0 radical (unpaired) electrons. The number of aliphatic imine (C=N–C) groups is 1. The van der Waals surface area contributed by atoms with Crippen LogP contribution in [0.1, 0.15) is 34.1 Å². The summed E-state index contributed by atoms with van der Waals surface area (Å²) < 4.78 is 0. The topological polar surface area (TPSA) is 42.9 Å². The van der Waals surface area contributed by atoms with Gasteiger partial charge in [0.05, 0.1) is 5.03 Å². The van der Waals surface area contributed by atoms with Crippen LogP contribution < -0.4 is 10.6 Å². The van der Waals surface area contributed by atoms with Gasteiger partial charge in [-0.05, 0) is 74.8 Å². The number of rotatable bonds is 14. The highest BCUT2D eigenvalue weighted by Gasteiger charge is 2.26. The van der Waals surface area contributed by atoms with Crippen molar-refractivity contribution in [2.24, 2.45) is 4.99 Å². The summed E-state index contributed by atoms with van der Waals surface area (Å²) in [6.07, 6.45) is 19.4. The first-order valence-electron chi connectivity index (χ1n) is 13.7. The zero-order valence-corrected chi connectivity index (χ0v) is 27.3. The third kappa shape index (κ3) is 13.2. The van der Waals surface area contributed by atoms with Crippen LogP contribution in [-0.4, -0.2) is 70.0 Å². The van der Waals surface area contributed by atoms with E-state index in [9.17, 15) is 0 Å². The van der Waals surface area contributed by atoms with Crippen LogP contribution in [0, 0.1) is 0 Å². The van der Waals surface area contributed by atoms with E-state index in [1.807, 2.05) is 67.0 Å². The number of hydrogen-bond acceptors (Lipinski definition) is 5. The van der Waals surface area contributed by atoms with Crippen molar-refractivity contribution >= 4 is 17.6 Å². The van der Waals surface area contributed by atoms with Gasteiger partial charge in [0.15, 0.2) is 0 Å². The van der Waals surface area contributed by atoms with Crippen LogP contribution in [0.15, 0.2) is 124 Å². The summed E-state index contributed by atoms with van der Waals surface area (Å²) in [7, 11) is 9.74. The van der Waals surface area contributed by atoms with E-state index < -0.39 is 0 Å². The van der Waals surface area contributed by atoms with Crippen LogP contribution in [0.3, 0.4) is 0 Å². The molecular weight excluding hydrogens is 510 g/mol. The summed E-state index contributed by atoms with van der Waals surface area (Å²) in [5, 5.41) is 7.40. The van der Waals surface area contributed by atoms with E-state index in [1.165, 1.54) is 0 Å². The lowest BCUT2D eigenvalue weighted by molar-refractivity contribution is 0.226. The van der Waals surface area contributed by atoms with Gasteiger partial charge in [-0.1, -0.05) is 81.5 Å². The molecule has 0 aromatic heterocycles. The smallest absolute Gasteiger partial charge is 0.123 e. The first-order valence-corrected chi connectivity index (χ1v) is 14.5. The molecule has 1 aliphatic rings. The van der Waals surface area contributed by atoms with Gasteiger partial charge < -0.3 is 20.4 Å². The molecule has 0 unspecified atom stereocenters. The molecule has 0 bridgehead atoms. The van der Waals surface area contributed by atoms with Crippen molar-refractivity contribution in [2.45, 2.75) is 40.2 Å². The largest absolute Gasteiger partial charge is 0.392 e. The fourth-order valence-electron chi connectivity index (χ4n) is 3.34. The van der Waals surface area contributed by atoms with Gasteiger partial charge in [-0.2, -0.15) is 0 Å². The number of hydrogen-bond donors (Lipinski definition) is 2. The quantitative estimate of drug-likeness (QED) is 0.131. The lowest BCUT2D eigenvalue weighted by atomic mass is 10.0. The van der Waals surface area contributed by atoms with Crippen molar-refractivity contribution in [1.29, 1.82) is 0 Å². The molecule has 0 atom stereocenters. The lowest BCUT2D eigenvalue weighted by Crippen LogP contribution is -2.58. The highest BCUT2D eigenvalue weighted by molar-refractivity contribution is 8.06. The maximum absolute atomic E-state index is 4.33. The molecule has 40 heavy (non-hydrogen) atoms. The molecule has 1 fully saturated rings. The minimum Gasteiger partial charge on any atom is -0.392 e. The molecule has 0 aromatic rings. The molecule has 1 heterocycles. The van der Waals surface area contributed by atoms with Crippen molar-refractivity contribution < 1.29 is 0 Å². The lowest BCUT2D eigenvalue weighted by Gasteiger charge is -2.40. The normalized spacial score (nSPS) is 15.8. The second-order valence-electron chi connectivity index (χ2n) is 9.33. The van der Waals surface area contributed by atoms with E-state index in [2.05, 4.69) is 96.3 Å². The van der Waals surface area contributed by atoms with Gasteiger partial charge in [-0.15, -0.1) is 0 Å². The number of likely N-dealkylation sites (tertiary alicyclic amines) is 1. The SMILES string of the molecule is C=C/C(C=CCC)=C/C(=NC)N1CC(NC)C1.C=CC(=C)C(=C\C(=C/C)C(=C\C)\SC(=C)N(C)C)/C=C(\C)NC. The molecule has 0 aliphatic carbocycles. The molecule has 1 rings (SSSR count). The minimum atomic E-state index is 0.596. The highest BCUT2D eigenvalue weighted by atomic mass is 32.2. The summed E-state index contributed by atoms with van der Waals surface area (Å²) in [4.78, 5) is 9.78. The second-order valence-corrected chi connectivity index (χ2v) is 10.4. The fourth-order valence-corrected chi connectivity index (χ4v) is 4.19. The van der Waals surface area contributed by atoms with Gasteiger partial charge in [0.1, 0.15) is 5.84 Å².